The first-order valence-electron chi connectivity index (χ1n) is 5.75. The van der Waals surface area contributed by atoms with Crippen molar-refractivity contribution in [3.8, 4) is 0 Å². The maximum absolute atomic E-state index is 11.1. The first-order valence-corrected chi connectivity index (χ1v) is 6.83. The van der Waals surface area contributed by atoms with Crippen LogP contribution in [0.4, 0.5) is 5.69 Å². The zero-order chi connectivity index (χ0) is 13.8. The molecule has 4 nitrogen and oxygen atoms in total. The van der Waals surface area contributed by atoms with E-state index in [1.807, 2.05) is 25.1 Å². The normalized spacial score (nSPS) is 10.2. The lowest BCUT2D eigenvalue weighted by molar-refractivity contribution is 0.0695. The summed E-state index contributed by atoms with van der Waals surface area (Å²) in [6.07, 6.45) is 1.60. The van der Waals surface area contributed by atoms with E-state index in [2.05, 4.69) is 32.9 Å². The summed E-state index contributed by atoms with van der Waals surface area (Å²) in [5.41, 5.74) is 2.88. The van der Waals surface area contributed by atoms with Crippen molar-refractivity contribution in [2.75, 3.05) is 5.32 Å². The topological polar surface area (TPSA) is 62.2 Å². The number of carboxylic acid groups (broad SMARTS) is 1. The number of carbonyl (C=O) groups is 1. The van der Waals surface area contributed by atoms with E-state index in [1.54, 1.807) is 18.3 Å². The fourth-order valence-corrected chi connectivity index (χ4v) is 2.23. The molecule has 19 heavy (non-hydrogen) atoms. The Morgan fingerprint density at radius 3 is 2.95 bits per heavy atom. The van der Waals surface area contributed by atoms with E-state index in [0.717, 1.165) is 14.8 Å². The van der Waals surface area contributed by atoms with Gasteiger partial charge in [0.05, 0.1) is 17.8 Å². The molecule has 1 aromatic carbocycles. The number of hydrogen-bond acceptors (Lipinski definition) is 3. The van der Waals surface area contributed by atoms with Crippen LogP contribution in [0.3, 0.4) is 0 Å². The number of hydrogen-bond donors (Lipinski definition) is 2. The fraction of sp³-hybridized carbons (Fsp3) is 0.143. The second-order valence-corrected chi connectivity index (χ2v) is 5.36. The average molecular weight is 368 g/mol. The predicted molar refractivity (Wildman–Crippen MR) is 82.4 cm³/mol. The molecule has 0 aliphatic rings. The van der Waals surface area contributed by atoms with E-state index < -0.39 is 5.97 Å². The van der Waals surface area contributed by atoms with Crippen molar-refractivity contribution in [1.82, 2.24) is 4.98 Å². The van der Waals surface area contributed by atoms with E-state index in [4.69, 9.17) is 5.11 Å². The SMILES string of the molecule is Cc1ccc(I)cc1NCc1ncccc1C(=O)O. The summed E-state index contributed by atoms with van der Waals surface area (Å²) >= 11 is 2.24. The molecule has 0 radical (unpaired) electrons. The summed E-state index contributed by atoms with van der Waals surface area (Å²) in [4.78, 5) is 15.2. The van der Waals surface area contributed by atoms with Crippen molar-refractivity contribution < 1.29 is 9.90 Å². The molecule has 0 spiro atoms. The van der Waals surface area contributed by atoms with Crippen LogP contribution in [0.2, 0.25) is 0 Å². The van der Waals surface area contributed by atoms with Gasteiger partial charge in [0.1, 0.15) is 0 Å². The molecule has 0 unspecified atom stereocenters. The van der Waals surface area contributed by atoms with E-state index in [9.17, 15) is 4.79 Å². The number of aromatic nitrogens is 1. The van der Waals surface area contributed by atoms with E-state index in [0.29, 0.717) is 12.2 Å². The molecule has 0 bridgehead atoms. The molecule has 0 amide bonds. The maximum Gasteiger partial charge on any atom is 0.337 e. The second-order valence-electron chi connectivity index (χ2n) is 4.12. The highest BCUT2D eigenvalue weighted by Crippen LogP contribution is 2.19. The van der Waals surface area contributed by atoms with Gasteiger partial charge in [0.15, 0.2) is 0 Å². The number of aryl methyl sites for hydroxylation is 1. The van der Waals surface area contributed by atoms with Crippen LogP contribution < -0.4 is 5.32 Å². The first-order chi connectivity index (χ1) is 9.08. The number of pyridine rings is 1. The number of nitrogens with zero attached hydrogens (tertiary/aromatic N) is 1. The van der Waals surface area contributed by atoms with Crippen LogP contribution in [0.1, 0.15) is 21.6 Å². The number of aromatic carboxylic acids is 1. The van der Waals surface area contributed by atoms with Gasteiger partial charge >= 0.3 is 5.97 Å². The fourth-order valence-electron chi connectivity index (χ4n) is 1.74. The van der Waals surface area contributed by atoms with Crippen LogP contribution in [0.15, 0.2) is 36.5 Å². The van der Waals surface area contributed by atoms with Gasteiger partial charge in [0, 0.05) is 15.5 Å². The van der Waals surface area contributed by atoms with Gasteiger partial charge in [0.2, 0.25) is 0 Å². The third-order valence-corrected chi connectivity index (χ3v) is 3.44. The highest BCUT2D eigenvalue weighted by molar-refractivity contribution is 14.1. The summed E-state index contributed by atoms with van der Waals surface area (Å²) in [7, 11) is 0. The van der Waals surface area contributed by atoms with Crippen molar-refractivity contribution in [2.24, 2.45) is 0 Å². The van der Waals surface area contributed by atoms with Crippen molar-refractivity contribution in [2.45, 2.75) is 13.5 Å². The average Bonchev–Trinajstić information content (AvgIpc) is 2.40. The highest BCUT2D eigenvalue weighted by Gasteiger charge is 2.10. The number of nitrogens with one attached hydrogen (secondary N) is 1. The summed E-state index contributed by atoms with van der Waals surface area (Å²) < 4.78 is 1.13. The Labute approximate surface area is 125 Å². The van der Waals surface area contributed by atoms with Crippen LogP contribution in [0.25, 0.3) is 0 Å². The third kappa shape index (κ3) is 3.44. The molecular weight excluding hydrogens is 355 g/mol. The third-order valence-electron chi connectivity index (χ3n) is 2.77. The molecule has 2 aromatic rings. The van der Waals surface area contributed by atoms with Crippen LogP contribution in [0, 0.1) is 10.5 Å². The quantitative estimate of drug-likeness (QED) is 0.813. The molecule has 1 heterocycles. The molecule has 98 valence electrons. The van der Waals surface area contributed by atoms with E-state index in [-0.39, 0.29) is 5.56 Å². The van der Waals surface area contributed by atoms with Crippen molar-refractivity contribution >= 4 is 34.2 Å². The van der Waals surface area contributed by atoms with Gasteiger partial charge in [0.25, 0.3) is 0 Å². The Balaban J connectivity index is 2.19. The van der Waals surface area contributed by atoms with Crippen molar-refractivity contribution in [1.29, 1.82) is 0 Å². The standard InChI is InChI=1S/C14H13IN2O2/c1-9-4-5-10(15)7-12(9)17-8-13-11(14(18)19)3-2-6-16-13/h2-7,17H,8H2,1H3,(H,18,19). The lowest BCUT2D eigenvalue weighted by atomic mass is 10.1. The number of halogens is 1. The van der Waals surface area contributed by atoms with Gasteiger partial charge in [-0.3, -0.25) is 4.98 Å². The zero-order valence-electron chi connectivity index (χ0n) is 10.4. The molecule has 2 rings (SSSR count). The van der Waals surface area contributed by atoms with E-state index in [1.165, 1.54) is 0 Å². The minimum atomic E-state index is -0.954. The van der Waals surface area contributed by atoms with Crippen LogP contribution in [-0.2, 0) is 6.54 Å². The molecule has 1 aromatic heterocycles. The largest absolute Gasteiger partial charge is 0.478 e. The van der Waals surface area contributed by atoms with Gasteiger partial charge in [-0.15, -0.1) is 0 Å². The van der Waals surface area contributed by atoms with Crippen LogP contribution >= 0.6 is 22.6 Å². The molecule has 0 aliphatic heterocycles. The second kappa shape index (κ2) is 6.01. The Kier molecular flexibility index (Phi) is 4.36. The van der Waals surface area contributed by atoms with Gasteiger partial charge < -0.3 is 10.4 Å². The van der Waals surface area contributed by atoms with E-state index >= 15 is 0 Å². The minimum absolute atomic E-state index is 0.235. The monoisotopic (exact) mass is 368 g/mol. The summed E-state index contributed by atoms with van der Waals surface area (Å²) in [5.74, 6) is -0.954. The Hall–Kier alpha value is -1.63. The Bertz CT molecular complexity index is 614. The van der Waals surface area contributed by atoms with Gasteiger partial charge in [-0.2, -0.15) is 0 Å². The van der Waals surface area contributed by atoms with Crippen molar-refractivity contribution in [3.05, 3.63) is 56.9 Å². The number of carboxylic acids is 1. The Morgan fingerprint density at radius 2 is 2.21 bits per heavy atom. The van der Waals surface area contributed by atoms with Gasteiger partial charge in [-0.05, 0) is 59.3 Å². The Morgan fingerprint density at radius 1 is 1.42 bits per heavy atom. The number of anilines is 1. The van der Waals surface area contributed by atoms with Crippen LogP contribution in [-0.4, -0.2) is 16.1 Å². The maximum atomic E-state index is 11.1. The van der Waals surface area contributed by atoms with Gasteiger partial charge in [-0.25, -0.2) is 4.79 Å². The molecule has 0 atom stereocenters. The summed E-state index contributed by atoms with van der Waals surface area (Å²) in [5, 5.41) is 12.3. The molecule has 5 heteroatoms. The molecule has 2 N–H and O–H groups in total. The minimum Gasteiger partial charge on any atom is -0.478 e. The highest BCUT2D eigenvalue weighted by atomic mass is 127. The van der Waals surface area contributed by atoms with Crippen molar-refractivity contribution in [3.63, 3.8) is 0 Å². The van der Waals surface area contributed by atoms with Gasteiger partial charge in [-0.1, -0.05) is 6.07 Å². The lowest BCUT2D eigenvalue weighted by Crippen LogP contribution is -2.09. The molecular formula is C14H13IN2O2. The lowest BCUT2D eigenvalue weighted by Gasteiger charge is -2.11. The molecule has 0 fully saturated rings. The number of rotatable bonds is 4. The summed E-state index contributed by atoms with van der Waals surface area (Å²) in [6.45, 7) is 2.40. The molecule has 0 saturated heterocycles. The predicted octanol–water partition coefficient (Wildman–Crippen LogP) is 3.30. The zero-order valence-corrected chi connectivity index (χ0v) is 12.5. The smallest absolute Gasteiger partial charge is 0.337 e. The van der Waals surface area contributed by atoms with Crippen LogP contribution in [0.5, 0.6) is 0 Å². The molecule has 0 saturated carbocycles. The number of benzene rings is 1. The summed E-state index contributed by atoms with van der Waals surface area (Å²) in [6, 6.07) is 9.28. The molecule has 0 aliphatic carbocycles. The first kappa shape index (κ1) is 13.8.